The lowest BCUT2D eigenvalue weighted by Gasteiger charge is -2.35. The average molecular weight is 461 g/mol. The fourth-order valence-corrected chi connectivity index (χ4v) is 4.17. The maximum absolute atomic E-state index is 8.84. The molecule has 0 unspecified atom stereocenters. The Morgan fingerprint density at radius 2 is 1.74 bits per heavy atom. The zero-order chi connectivity index (χ0) is 24.1. The van der Waals surface area contributed by atoms with Crippen LogP contribution in [0.5, 0.6) is 17.2 Å². The number of nitrogens with two attached hydrogens (primary N) is 1. The molecule has 34 heavy (non-hydrogen) atoms. The van der Waals surface area contributed by atoms with E-state index >= 15 is 0 Å². The van der Waals surface area contributed by atoms with Gasteiger partial charge in [0.2, 0.25) is 0 Å². The highest BCUT2D eigenvalue weighted by Gasteiger charge is 2.23. The summed E-state index contributed by atoms with van der Waals surface area (Å²) >= 11 is 0. The molecule has 0 bridgehead atoms. The summed E-state index contributed by atoms with van der Waals surface area (Å²) in [4.78, 5) is 11.1. The number of methoxy groups -OCH3 is 1. The van der Waals surface area contributed by atoms with E-state index in [1.54, 1.807) is 7.11 Å². The first-order valence-corrected chi connectivity index (χ1v) is 11.6. The van der Waals surface area contributed by atoms with Gasteiger partial charge in [-0.2, -0.15) is 0 Å². The van der Waals surface area contributed by atoms with Crippen molar-refractivity contribution < 1.29 is 9.47 Å². The largest absolute Gasteiger partial charge is 0.493 e. The minimum Gasteiger partial charge on any atom is -0.493 e. The number of rotatable bonds is 8. The van der Waals surface area contributed by atoms with Gasteiger partial charge in [-0.15, -0.1) is 0 Å². The molecule has 1 aliphatic rings. The predicted molar refractivity (Wildman–Crippen MR) is 135 cm³/mol. The van der Waals surface area contributed by atoms with Gasteiger partial charge in [0, 0.05) is 30.7 Å². The van der Waals surface area contributed by atoms with E-state index in [1.807, 2.05) is 48.5 Å². The Morgan fingerprint density at radius 3 is 2.38 bits per heavy atom. The number of nitrogen functional groups attached to an aromatic ring is 1. The molecule has 0 saturated carbocycles. The third kappa shape index (κ3) is 5.28. The van der Waals surface area contributed by atoms with Gasteiger partial charge in [-0.05, 0) is 63.1 Å². The number of benzene rings is 2. The van der Waals surface area contributed by atoms with E-state index in [-0.39, 0.29) is 17.6 Å². The van der Waals surface area contributed by atoms with E-state index in [0.717, 1.165) is 25.9 Å². The lowest BCUT2D eigenvalue weighted by Crippen LogP contribution is -2.42. The van der Waals surface area contributed by atoms with E-state index in [4.69, 9.17) is 20.6 Å². The van der Waals surface area contributed by atoms with Crippen LogP contribution in [0.4, 0.5) is 11.6 Å². The van der Waals surface area contributed by atoms with E-state index in [1.165, 1.54) is 6.33 Å². The molecule has 178 valence electrons. The van der Waals surface area contributed by atoms with Gasteiger partial charge in [0.25, 0.3) is 0 Å². The van der Waals surface area contributed by atoms with Gasteiger partial charge < -0.3 is 25.4 Å². The van der Waals surface area contributed by atoms with Crippen molar-refractivity contribution in [1.82, 2.24) is 14.9 Å². The molecule has 1 fully saturated rings. The molecule has 1 aromatic heterocycles. The fraction of sp³-hybridized carbons (Fsp3) is 0.346. The van der Waals surface area contributed by atoms with Crippen LogP contribution in [-0.4, -0.2) is 52.9 Å². The molecule has 0 spiro atoms. The van der Waals surface area contributed by atoms with Crippen LogP contribution in [-0.2, 0) is 0 Å². The van der Waals surface area contributed by atoms with Crippen LogP contribution in [0.3, 0.4) is 0 Å². The molecule has 2 aromatic carbocycles. The van der Waals surface area contributed by atoms with Crippen LogP contribution in [0.1, 0.15) is 37.8 Å². The number of hydrogen-bond donors (Lipinski definition) is 3. The highest BCUT2D eigenvalue weighted by atomic mass is 16.5. The van der Waals surface area contributed by atoms with Crippen molar-refractivity contribution in [2.24, 2.45) is 0 Å². The minimum atomic E-state index is 0.268. The second kappa shape index (κ2) is 10.5. The summed E-state index contributed by atoms with van der Waals surface area (Å²) in [5.74, 6) is 2.83. The molecule has 0 radical (unpaired) electrons. The highest BCUT2D eigenvalue weighted by Crippen LogP contribution is 2.31. The van der Waals surface area contributed by atoms with E-state index in [2.05, 4.69) is 34.0 Å². The Kier molecular flexibility index (Phi) is 7.27. The molecular formula is C26H32N6O2. The quantitative estimate of drug-likeness (QED) is 0.423. The molecule has 8 heteroatoms. The van der Waals surface area contributed by atoms with Crippen molar-refractivity contribution in [3.63, 3.8) is 0 Å². The van der Waals surface area contributed by atoms with E-state index in [9.17, 15) is 0 Å². The molecule has 8 nitrogen and oxygen atoms in total. The van der Waals surface area contributed by atoms with Crippen LogP contribution >= 0.6 is 0 Å². The molecule has 4 N–H and O–H groups in total. The molecule has 0 atom stereocenters. The molecule has 1 saturated heterocycles. The van der Waals surface area contributed by atoms with Crippen molar-refractivity contribution in [3.8, 4) is 17.2 Å². The van der Waals surface area contributed by atoms with Crippen molar-refractivity contribution in [1.29, 1.82) is 5.41 Å². The van der Waals surface area contributed by atoms with Crippen molar-refractivity contribution in [2.45, 2.75) is 38.8 Å². The third-order valence-corrected chi connectivity index (χ3v) is 6.17. The van der Waals surface area contributed by atoms with Gasteiger partial charge in [-0.25, -0.2) is 9.97 Å². The molecule has 4 rings (SSSR count). The van der Waals surface area contributed by atoms with Gasteiger partial charge >= 0.3 is 0 Å². The number of likely N-dealkylation sites (tertiary alicyclic amines) is 1. The van der Waals surface area contributed by atoms with Crippen LogP contribution < -0.4 is 20.5 Å². The monoisotopic (exact) mass is 460 g/mol. The molecule has 0 amide bonds. The first-order valence-electron chi connectivity index (χ1n) is 11.6. The minimum absolute atomic E-state index is 0.268. The number of anilines is 2. The maximum Gasteiger partial charge on any atom is 0.169 e. The topological polar surface area (TPSA) is 109 Å². The number of piperidine rings is 1. The standard InChI is InChI=1S/C26H32N6O2/c1-17(2)32-14-12-19(13-15-32)31-26-23(25(28)29-16-30-26)24(27)18-8-10-20(11-9-18)34-22-7-5-4-6-21(22)33-3/h4-11,16-17,19,27H,12-15H2,1-3H3,(H3,28,29,30,31). The normalized spacial score (nSPS) is 14.7. The number of nitrogens with one attached hydrogen (secondary N) is 2. The number of nitrogens with zero attached hydrogens (tertiary/aromatic N) is 3. The first-order chi connectivity index (χ1) is 16.5. The molecule has 2 heterocycles. The van der Waals surface area contributed by atoms with Gasteiger partial charge in [0.1, 0.15) is 23.7 Å². The second-order valence-electron chi connectivity index (χ2n) is 8.68. The summed E-state index contributed by atoms with van der Waals surface area (Å²) in [6.45, 7) is 6.53. The van der Waals surface area contributed by atoms with Gasteiger partial charge in [-0.3, -0.25) is 5.41 Å². The summed E-state index contributed by atoms with van der Waals surface area (Å²) in [6.07, 6.45) is 3.48. The van der Waals surface area contributed by atoms with Crippen LogP contribution in [0.2, 0.25) is 0 Å². The van der Waals surface area contributed by atoms with Crippen LogP contribution in [0, 0.1) is 5.41 Å². The smallest absolute Gasteiger partial charge is 0.169 e. The summed E-state index contributed by atoms with van der Waals surface area (Å²) < 4.78 is 11.3. The Hall–Kier alpha value is -3.65. The molecule has 0 aliphatic carbocycles. The highest BCUT2D eigenvalue weighted by molar-refractivity contribution is 6.16. The Balaban J connectivity index is 1.49. The van der Waals surface area contributed by atoms with Crippen molar-refractivity contribution in [2.75, 3.05) is 31.2 Å². The van der Waals surface area contributed by atoms with Crippen LogP contribution in [0.25, 0.3) is 0 Å². The third-order valence-electron chi connectivity index (χ3n) is 6.17. The van der Waals surface area contributed by atoms with Crippen molar-refractivity contribution in [3.05, 3.63) is 66.0 Å². The Morgan fingerprint density at radius 1 is 1.06 bits per heavy atom. The number of para-hydroxylation sites is 2. The van der Waals surface area contributed by atoms with Gasteiger partial charge in [0.05, 0.1) is 18.4 Å². The van der Waals surface area contributed by atoms with E-state index < -0.39 is 0 Å². The van der Waals surface area contributed by atoms with Crippen molar-refractivity contribution >= 4 is 17.3 Å². The average Bonchev–Trinajstić information content (AvgIpc) is 2.85. The second-order valence-corrected chi connectivity index (χ2v) is 8.68. The van der Waals surface area contributed by atoms with Gasteiger partial charge in [-0.1, -0.05) is 12.1 Å². The maximum atomic E-state index is 8.84. The number of ether oxygens (including phenoxy) is 2. The summed E-state index contributed by atoms with van der Waals surface area (Å²) in [5.41, 5.74) is 7.70. The fourth-order valence-electron chi connectivity index (χ4n) is 4.17. The predicted octanol–water partition coefficient (Wildman–Crippen LogP) is 4.56. The lowest BCUT2D eigenvalue weighted by atomic mass is 10.0. The summed E-state index contributed by atoms with van der Waals surface area (Å²) in [6, 6.07) is 15.6. The van der Waals surface area contributed by atoms with Gasteiger partial charge in [0.15, 0.2) is 11.5 Å². The van der Waals surface area contributed by atoms with Crippen LogP contribution in [0.15, 0.2) is 54.9 Å². The lowest BCUT2D eigenvalue weighted by molar-refractivity contribution is 0.177. The first kappa shape index (κ1) is 23.5. The summed E-state index contributed by atoms with van der Waals surface area (Å²) in [5, 5.41) is 12.4. The number of aromatic nitrogens is 2. The molecular weight excluding hydrogens is 428 g/mol. The zero-order valence-electron chi connectivity index (χ0n) is 19.9. The Labute approximate surface area is 200 Å². The Bertz CT molecular complexity index is 1120. The summed E-state index contributed by atoms with van der Waals surface area (Å²) in [7, 11) is 1.61. The zero-order valence-corrected chi connectivity index (χ0v) is 19.9. The number of hydrogen-bond acceptors (Lipinski definition) is 8. The SMILES string of the molecule is COc1ccccc1Oc1ccc(C(=N)c2c(N)ncnc2NC2CCN(C(C)C)CC2)cc1. The van der Waals surface area contributed by atoms with E-state index in [0.29, 0.717) is 40.2 Å². The molecule has 1 aliphatic heterocycles. The molecule has 3 aromatic rings.